The van der Waals surface area contributed by atoms with Gasteiger partial charge in [-0.3, -0.25) is 4.79 Å². The molecular weight excluding hydrogens is 264 g/mol. The number of thioether (sulfide) groups is 1. The molecule has 0 aliphatic carbocycles. The Morgan fingerprint density at radius 1 is 1.17 bits per heavy atom. The number of aryl methyl sites for hydroxylation is 1. The van der Waals surface area contributed by atoms with E-state index in [-0.39, 0.29) is 0 Å². The van der Waals surface area contributed by atoms with Crippen molar-refractivity contribution in [1.82, 2.24) is 0 Å². The van der Waals surface area contributed by atoms with Crippen molar-refractivity contribution in [2.45, 2.75) is 17.6 Å². The minimum atomic E-state index is 0.514. The Balaban J connectivity index is 2.18. The standard InChI is InChI=1S/C15H13ClOS/c1-11-5-2-3-6-12(11)10-18-15-8-4-7-14(16)13(15)9-17/h2-9H,10H2,1H3. The van der Waals surface area contributed by atoms with Crippen LogP contribution in [0.2, 0.25) is 5.02 Å². The molecule has 0 bridgehead atoms. The predicted octanol–water partition coefficient (Wildman–Crippen LogP) is 4.75. The first-order valence-electron chi connectivity index (χ1n) is 5.63. The molecule has 0 fully saturated rings. The van der Waals surface area contributed by atoms with Gasteiger partial charge in [0.05, 0.1) is 5.02 Å². The minimum absolute atomic E-state index is 0.514. The Morgan fingerprint density at radius 3 is 2.67 bits per heavy atom. The highest BCUT2D eigenvalue weighted by Crippen LogP contribution is 2.30. The Labute approximate surface area is 116 Å². The van der Waals surface area contributed by atoms with Crippen LogP contribution in [-0.4, -0.2) is 6.29 Å². The molecule has 0 unspecified atom stereocenters. The molecule has 0 spiro atoms. The highest BCUT2D eigenvalue weighted by Gasteiger charge is 2.07. The number of hydrogen-bond donors (Lipinski definition) is 0. The number of hydrogen-bond acceptors (Lipinski definition) is 2. The molecule has 1 nitrogen and oxygen atoms in total. The van der Waals surface area contributed by atoms with Crippen molar-refractivity contribution in [3.63, 3.8) is 0 Å². The van der Waals surface area contributed by atoms with Gasteiger partial charge in [-0.05, 0) is 30.2 Å². The SMILES string of the molecule is Cc1ccccc1CSc1cccc(Cl)c1C=O. The van der Waals surface area contributed by atoms with Crippen LogP contribution in [0.3, 0.4) is 0 Å². The molecule has 0 atom stereocenters. The average molecular weight is 277 g/mol. The molecule has 0 amide bonds. The van der Waals surface area contributed by atoms with Gasteiger partial charge in [0.15, 0.2) is 6.29 Å². The highest BCUT2D eigenvalue weighted by atomic mass is 35.5. The zero-order valence-corrected chi connectivity index (χ0v) is 11.6. The van der Waals surface area contributed by atoms with E-state index in [1.54, 1.807) is 17.8 Å². The van der Waals surface area contributed by atoms with E-state index in [2.05, 4.69) is 19.1 Å². The second kappa shape index (κ2) is 6.07. The number of aldehydes is 1. The summed E-state index contributed by atoms with van der Waals surface area (Å²) in [5.41, 5.74) is 3.12. The Kier molecular flexibility index (Phi) is 4.45. The van der Waals surface area contributed by atoms with Crippen LogP contribution in [0.25, 0.3) is 0 Å². The molecule has 0 aliphatic heterocycles. The van der Waals surface area contributed by atoms with E-state index in [1.165, 1.54) is 11.1 Å². The van der Waals surface area contributed by atoms with Crippen LogP contribution in [0.5, 0.6) is 0 Å². The maximum Gasteiger partial charge on any atom is 0.152 e. The van der Waals surface area contributed by atoms with E-state index in [4.69, 9.17) is 11.6 Å². The van der Waals surface area contributed by atoms with E-state index in [0.29, 0.717) is 10.6 Å². The first-order valence-corrected chi connectivity index (χ1v) is 6.99. The fraction of sp³-hybridized carbons (Fsp3) is 0.133. The van der Waals surface area contributed by atoms with Crippen molar-refractivity contribution < 1.29 is 4.79 Å². The molecule has 92 valence electrons. The molecule has 0 radical (unpaired) electrons. The van der Waals surface area contributed by atoms with Gasteiger partial charge in [-0.2, -0.15) is 0 Å². The summed E-state index contributed by atoms with van der Waals surface area (Å²) in [6.07, 6.45) is 0.822. The third-order valence-corrected chi connectivity index (χ3v) is 4.23. The first kappa shape index (κ1) is 13.2. The molecule has 0 N–H and O–H groups in total. The molecule has 0 aliphatic rings. The molecule has 2 rings (SSSR count). The molecule has 3 heteroatoms. The molecule has 0 saturated carbocycles. The van der Waals surface area contributed by atoms with Crippen molar-refractivity contribution in [3.05, 3.63) is 64.2 Å². The van der Waals surface area contributed by atoms with Gasteiger partial charge in [0.25, 0.3) is 0 Å². The Morgan fingerprint density at radius 2 is 1.94 bits per heavy atom. The Bertz CT molecular complexity index is 566. The van der Waals surface area contributed by atoms with Crippen molar-refractivity contribution in [1.29, 1.82) is 0 Å². The van der Waals surface area contributed by atoms with Crippen molar-refractivity contribution in [2.75, 3.05) is 0 Å². The van der Waals surface area contributed by atoms with Crippen molar-refractivity contribution in [3.8, 4) is 0 Å². The molecule has 18 heavy (non-hydrogen) atoms. The van der Waals surface area contributed by atoms with Gasteiger partial charge in [-0.1, -0.05) is 41.9 Å². The van der Waals surface area contributed by atoms with Gasteiger partial charge < -0.3 is 0 Å². The van der Waals surface area contributed by atoms with Crippen LogP contribution < -0.4 is 0 Å². The maximum atomic E-state index is 11.0. The summed E-state index contributed by atoms with van der Waals surface area (Å²) in [5.74, 6) is 0.841. The van der Waals surface area contributed by atoms with Crippen LogP contribution in [0.4, 0.5) is 0 Å². The van der Waals surface area contributed by atoms with Crippen LogP contribution in [-0.2, 0) is 5.75 Å². The monoisotopic (exact) mass is 276 g/mol. The molecule has 0 heterocycles. The lowest BCUT2D eigenvalue weighted by Crippen LogP contribution is -1.89. The maximum absolute atomic E-state index is 11.0. The molecule has 2 aromatic rings. The number of carbonyl (C=O) groups is 1. The summed E-state index contributed by atoms with van der Waals surface area (Å²) in [4.78, 5) is 12.0. The van der Waals surface area contributed by atoms with Crippen molar-refractivity contribution in [2.24, 2.45) is 0 Å². The largest absolute Gasteiger partial charge is 0.298 e. The van der Waals surface area contributed by atoms with Crippen molar-refractivity contribution >= 4 is 29.6 Å². The second-order valence-electron chi connectivity index (χ2n) is 3.98. The third-order valence-electron chi connectivity index (χ3n) is 2.78. The minimum Gasteiger partial charge on any atom is -0.298 e. The van der Waals surface area contributed by atoms with E-state index in [1.807, 2.05) is 24.3 Å². The van der Waals surface area contributed by atoms with E-state index < -0.39 is 0 Å². The van der Waals surface area contributed by atoms with Gasteiger partial charge in [-0.15, -0.1) is 11.8 Å². The van der Waals surface area contributed by atoms with E-state index >= 15 is 0 Å². The van der Waals surface area contributed by atoms with Crippen LogP contribution in [0.1, 0.15) is 21.5 Å². The summed E-state index contributed by atoms with van der Waals surface area (Å²) in [7, 11) is 0. The molecule has 2 aromatic carbocycles. The topological polar surface area (TPSA) is 17.1 Å². The number of benzene rings is 2. The number of rotatable bonds is 4. The molecule has 0 aromatic heterocycles. The zero-order chi connectivity index (χ0) is 13.0. The summed E-state index contributed by atoms with van der Waals surface area (Å²) < 4.78 is 0. The summed E-state index contributed by atoms with van der Waals surface area (Å²) in [5, 5.41) is 0.514. The second-order valence-corrected chi connectivity index (χ2v) is 5.41. The molecule has 0 saturated heterocycles. The zero-order valence-electron chi connectivity index (χ0n) is 10.0. The smallest absolute Gasteiger partial charge is 0.152 e. The van der Waals surface area contributed by atoms with Crippen LogP contribution in [0, 0.1) is 6.92 Å². The van der Waals surface area contributed by atoms with Crippen LogP contribution >= 0.6 is 23.4 Å². The normalized spacial score (nSPS) is 10.3. The predicted molar refractivity (Wildman–Crippen MR) is 77.6 cm³/mol. The lowest BCUT2D eigenvalue weighted by molar-refractivity contribution is 0.112. The highest BCUT2D eigenvalue weighted by molar-refractivity contribution is 7.98. The van der Waals surface area contributed by atoms with E-state index in [0.717, 1.165) is 16.9 Å². The van der Waals surface area contributed by atoms with Gasteiger partial charge >= 0.3 is 0 Å². The van der Waals surface area contributed by atoms with Gasteiger partial charge in [-0.25, -0.2) is 0 Å². The molecular formula is C15H13ClOS. The average Bonchev–Trinajstić information content (AvgIpc) is 2.38. The number of carbonyl (C=O) groups excluding carboxylic acids is 1. The lowest BCUT2D eigenvalue weighted by atomic mass is 10.1. The fourth-order valence-corrected chi connectivity index (χ4v) is 3.08. The summed E-state index contributed by atoms with van der Waals surface area (Å²) in [6, 6.07) is 13.8. The Hall–Kier alpha value is -1.25. The fourth-order valence-electron chi connectivity index (χ4n) is 1.69. The summed E-state index contributed by atoms with van der Waals surface area (Å²) in [6.45, 7) is 2.09. The van der Waals surface area contributed by atoms with Gasteiger partial charge in [0, 0.05) is 16.2 Å². The quantitative estimate of drug-likeness (QED) is 0.592. The van der Waals surface area contributed by atoms with Gasteiger partial charge in [0.2, 0.25) is 0 Å². The van der Waals surface area contributed by atoms with Crippen LogP contribution in [0.15, 0.2) is 47.4 Å². The lowest BCUT2D eigenvalue weighted by Gasteiger charge is -2.08. The summed E-state index contributed by atoms with van der Waals surface area (Å²) >= 11 is 7.64. The third kappa shape index (κ3) is 2.95. The first-order chi connectivity index (χ1) is 8.72. The van der Waals surface area contributed by atoms with E-state index in [9.17, 15) is 4.79 Å². The number of halogens is 1. The van der Waals surface area contributed by atoms with Gasteiger partial charge in [0.1, 0.15) is 0 Å².